The van der Waals surface area contributed by atoms with Crippen molar-refractivity contribution in [3.63, 3.8) is 0 Å². The number of guanidine groups is 1. The maximum Gasteiger partial charge on any atom is 0.216 e. The summed E-state index contributed by atoms with van der Waals surface area (Å²) in [5, 5.41) is 8.66. The van der Waals surface area contributed by atoms with Crippen molar-refractivity contribution in [2.45, 2.75) is 6.54 Å². The number of nitrogens with zero attached hydrogens (tertiary/aromatic N) is 5. The molecule has 0 atom stereocenters. The summed E-state index contributed by atoms with van der Waals surface area (Å²) in [6.45, 7) is 1.41. The van der Waals surface area contributed by atoms with Gasteiger partial charge in [-0.2, -0.15) is 5.26 Å². The zero-order chi connectivity index (χ0) is 12.3. The molecule has 0 unspecified atom stereocenters. The van der Waals surface area contributed by atoms with Crippen LogP contribution in [0.1, 0.15) is 4.88 Å². The average Bonchev–Trinajstić information content (AvgIpc) is 2.69. The molecule has 8 heteroatoms. The van der Waals surface area contributed by atoms with Crippen molar-refractivity contribution in [2.75, 3.05) is 20.5 Å². The first kappa shape index (κ1) is 12.1. The van der Waals surface area contributed by atoms with Gasteiger partial charge in [0.2, 0.25) is 12.2 Å². The molecular weight excluding hydrogens is 262 g/mol. The predicted molar refractivity (Wildman–Crippen MR) is 64.3 cm³/mol. The van der Waals surface area contributed by atoms with E-state index in [-0.39, 0.29) is 0 Å². The van der Waals surface area contributed by atoms with Crippen molar-refractivity contribution in [1.29, 1.82) is 5.26 Å². The van der Waals surface area contributed by atoms with E-state index in [9.17, 15) is 0 Å². The minimum absolute atomic E-state index is 0.403. The molecule has 0 aromatic carbocycles. The molecule has 0 aliphatic carbocycles. The Labute approximate surface area is 108 Å². The maximum atomic E-state index is 8.66. The predicted octanol–water partition coefficient (Wildman–Crippen LogP) is 1.31. The SMILES string of the molecule is CN1COCN(Cc2cnc(Cl)s2)C1=NC#N. The fourth-order valence-electron chi connectivity index (χ4n) is 1.51. The van der Waals surface area contributed by atoms with Crippen LogP contribution in [0.4, 0.5) is 0 Å². The van der Waals surface area contributed by atoms with Gasteiger partial charge in [0, 0.05) is 18.1 Å². The van der Waals surface area contributed by atoms with Gasteiger partial charge >= 0.3 is 0 Å². The highest BCUT2D eigenvalue weighted by molar-refractivity contribution is 7.15. The molecule has 1 fully saturated rings. The molecule has 90 valence electrons. The summed E-state index contributed by atoms with van der Waals surface area (Å²) in [5.74, 6) is 0.600. The summed E-state index contributed by atoms with van der Waals surface area (Å²) in [6, 6.07) is 0. The standard InChI is InChI=1S/C9H10ClN5OS/c1-14-5-16-6-15(9(14)13-4-11)3-7-2-12-8(10)17-7/h2H,3,5-6H2,1H3. The number of thiazole rings is 1. The molecule has 1 saturated heterocycles. The second-order valence-electron chi connectivity index (χ2n) is 3.45. The Bertz CT molecular complexity index is 468. The highest BCUT2D eigenvalue weighted by Gasteiger charge is 2.22. The van der Waals surface area contributed by atoms with Crippen molar-refractivity contribution in [2.24, 2.45) is 4.99 Å². The Morgan fingerprint density at radius 1 is 1.71 bits per heavy atom. The van der Waals surface area contributed by atoms with Crippen molar-refractivity contribution < 1.29 is 4.74 Å². The van der Waals surface area contributed by atoms with Gasteiger partial charge in [-0.05, 0) is 0 Å². The van der Waals surface area contributed by atoms with Gasteiger partial charge in [-0.1, -0.05) is 11.6 Å². The summed E-state index contributed by atoms with van der Waals surface area (Å²) in [6.07, 6.45) is 3.51. The molecule has 17 heavy (non-hydrogen) atoms. The van der Waals surface area contributed by atoms with Gasteiger partial charge in [-0.25, -0.2) is 4.98 Å². The molecule has 0 N–H and O–H groups in total. The first-order valence-electron chi connectivity index (χ1n) is 4.81. The van der Waals surface area contributed by atoms with Gasteiger partial charge in [0.25, 0.3) is 0 Å². The lowest BCUT2D eigenvalue weighted by atomic mass is 10.4. The lowest BCUT2D eigenvalue weighted by molar-refractivity contribution is -0.0206. The summed E-state index contributed by atoms with van der Waals surface area (Å²) < 4.78 is 5.87. The largest absolute Gasteiger partial charge is 0.341 e. The van der Waals surface area contributed by atoms with Crippen LogP contribution in [-0.4, -0.2) is 41.3 Å². The first-order valence-corrected chi connectivity index (χ1v) is 6.01. The molecule has 6 nitrogen and oxygen atoms in total. The van der Waals surface area contributed by atoms with Gasteiger partial charge in [0.05, 0.1) is 6.54 Å². The second kappa shape index (κ2) is 5.31. The van der Waals surface area contributed by atoms with Gasteiger partial charge in [0.15, 0.2) is 4.47 Å². The van der Waals surface area contributed by atoms with Crippen LogP contribution in [0.15, 0.2) is 11.2 Å². The van der Waals surface area contributed by atoms with Crippen LogP contribution in [-0.2, 0) is 11.3 Å². The van der Waals surface area contributed by atoms with E-state index in [1.807, 2.05) is 11.9 Å². The number of halogens is 1. The summed E-state index contributed by atoms with van der Waals surface area (Å²) in [4.78, 5) is 12.4. The summed E-state index contributed by atoms with van der Waals surface area (Å²) in [7, 11) is 1.82. The van der Waals surface area contributed by atoms with E-state index < -0.39 is 0 Å². The Morgan fingerprint density at radius 3 is 3.18 bits per heavy atom. The van der Waals surface area contributed by atoms with E-state index in [4.69, 9.17) is 21.6 Å². The van der Waals surface area contributed by atoms with Crippen molar-refractivity contribution in [3.8, 4) is 6.19 Å². The number of ether oxygens (including phenoxy) is 1. The molecule has 2 rings (SSSR count). The number of rotatable bonds is 2. The molecule has 0 radical (unpaired) electrons. The smallest absolute Gasteiger partial charge is 0.216 e. The Kier molecular flexibility index (Phi) is 3.78. The molecular formula is C9H10ClN5OS. The maximum absolute atomic E-state index is 8.66. The third kappa shape index (κ3) is 2.85. The minimum Gasteiger partial charge on any atom is -0.341 e. The normalized spacial score (nSPS) is 18.5. The van der Waals surface area contributed by atoms with E-state index in [0.29, 0.717) is 30.4 Å². The Morgan fingerprint density at radius 2 is 2.53 bits per heavy atom. The van der Waals surface area contributed by atoms with Gasteiger partial charge < -0.3 is 14.5 Å². The molecule has 0 saturated carbocycles. The third-order valence-corrected chi connectivity index (χ3v) is 3.28. The Hall–Kier alpha value is -1.36. The zero-order valence-electron chi connectivity index (χ0n) is 9.13. The molecule has 1 aromatic heterocycles. The fourth-order valence-corrected chi connectivity index (χ4v) is 2.50. The van der Waals surface area contributed by atoms with Crippen LogP contribution in [0, 0.1) is 11.5 Å². The summed E-state index contributed by atoms with van der Waals surface area (Å²) >= 11 is 7.17. The number of nitriles is 1. The lowest BCUT2D eigenvalue weighted by Gasteiger charge is -2.35. The van der Waals surface area contributed by atoms with Crippen molar-refractivity contribution >= 4 is 28.9 Å². The van der Waals surface area contributed by atoms with Crippen LogP contribution in [0.3, 0.4) is 0 Å². The van der Waals surface area contributed by atoms with Gasteiger partial charge in [-0.15, -0.1) is 16.3 Å². The molecule has 2 heterocycles. The first-order chi connectivity index (χ1) is 8.20. The molecule has 1 aromatic rings. The lowest BCUT2D eigenvalue weighted by Crippen LogP contribution is -2.49. The zero-order valence-corrected chi connectivity index (χ0v) is 10.7. The highest BCUT2D eigenvalue weighted by atomic mass is 35.5. The molecule has 1 aliphatic heterocycles. The van der Waals surface area contributed by atoms with E-state index in [1.165, 1.54) is 11.3 Å². The van der Waals surface area contributed by atoms with Crippen LogP contribution in [0.2, 0.25) is 4.47 Å². The minimum atomic E-state index is 0.403. The molecule has 0 bridgehead atoms. The fraction of sp³-hybridized carbons (Fsp3) is 0.444. The number of hydrogen-bond acceptors (Lipinski definition) is 5. The van der Waals surface area contributed by atoms with Crippen LogP contribution < -0.4 is 0 Å². The van der Waals surface area contributed by atoms with E-state index in [2.05, 4.69) is 9.98 Å². The van der Waals surface area contributed by atoms with E-state index in [1.54, 1.807) is 17.3 Å². The quantitative estimate of drug-likeness (QED) is 0.759. The topological polar surface area (TPSA) is 64.8 Å². The monoisotopic (exact) mass is 271 g/mol. The summed E-state index contributed by atoms with van der Waals surface area (Å²) in [5.41, 5.74) is 0. The van der Waals surface area contributed by atoms with Gasteiger partial charge in [0.1, 0.15) is 13.5 Å². The number of aliphatic imine (C=N–C) groups is 1. The van der Waals surface area contributed by atoms with Gasteiger partial charge in [-0.3, -0.25) is 0 Å². The van der Waals surface area contributed by atoms with E-state index in [0.717, 1.165) is 4.88 Å². The van der Waals surface area contributed by atoms with Crippen LogP contribution >= 0.6 is 22.9 Å². The number of aromatic nitrogens is 1. The van der Waals surface area contributed by atoms with Crippen molar-refractivity contribution in [3.05, 3.63) is 15.5 Å². The molecule has 1 aliphatic rings. The van der Waals surface area contributed by atoms with Crippen molar-refractivity contribution in [1.82, 2.24) is 14.8 Å². The molecule has 0 amide bonds. The second-order valence-corrected chi connectivity index (χ2v) is 5.15. The van der Waals surface area contributed by atoms with Crippen LogP contribution in [0.5, 0.6) is 0 Å². The Balaban J connectivity index is 2.13. The third-order valence-electron chi connectivity index (χ3n) is 2.18. The average molecular weight is 272 g/mol. The van der Waals surface area contributed by atoms with Crippen LogP contribution in [0.25, 0.3) is 0 Å². The van der Waals surface area contributed by atoms with E-state index >= 15 is 0 Å². The number of hydrogen-bond donors (Lipinski definition) is 0. The highest BCUT2D eigenvalue weighted by Crippen LogP contribution is 2.20. The molecule has 0 spiro atoms.